The van der Waals surface area contributed by atoms with Gasteiger partial charge in [-0.2, -0.15) is 0 Å². The van der Waals surface area contributed by atoms with Gasteiger partial charge in [0.2, 0.25) is 0 Å². The van der Waals surface area contributed by atoms with Crippen LogP contribution in [0.15, 0.2) is 0 Å². The Morgan fingerprint density at radius 3 is 2.40 bits per heavy atom. The minimum absolute atomic E-state index is 0.764. The number of carbonyl (C=O) groups excluding carboxylic acids is 1. The molecule has 0 bridgehead atoms. The number of rotatable bonds is 1. The molecular formula is C8H13ClO6. The fourth-order valence-corrected chi connectivity index (χ4v) is 1.72. The second-order valence-corrected chi connectivity index (χ2v) is 3.95. The largest absolute Gasteiger partial charge is 0.416 e. The summed E-state index contributed by atoms with van der Waals surface area (Å²) in [5, 5.41) is 26.1. The summed E-state index contributed by atoms with van der Waals surface area (Å²) in [5.41, 5.74) is 0. The van der Waals surface area contributed by atoms with Crippen molar-refractivity contribution in [1.82, 2.24) is 0 Å². The van der Waals surface area contributed by atoms with Gasteiger partial charge in [-0.1, -0.05) is 0 Å². The monoisotopic (exact) mass is 240 g/mol. The molecule has 0 saturated carbocycles. The molecule has 1 aliphatic heterocycles. The molecular weight excluding hydrogens is 228 g/mol. The molecule has 1 fully saturated rings. The Kier molecular flexibility index (Phi) is 3.57. The van der Waals surface area contributed by atoms with Gasteiger partial charge in [-0.15, -0.1) is 0 Å². The molecule has 0 aromatic rings. The molecule has 0 aliphatic carbocycles. The van der Waals surface area contributed by atoms with Gasteiger partial charge < -0.3 is 24.8 Å². The van der Waals surface area contributed by atoms with Gasteiger partial charge in [0, 0.05) is 6.92 Å². The van der Waals surface area contributed by atoms with Gasteiger partial charge in [0.15, 0.2) is 6.10 Å². The molecule has 88 valence electrons. The van der Waals surface area contributed by atoms with E-state index in [1.54, 1.807) is 0 Å². The van der Waals surface area contributed by atoms with E-state index in [0.717, 1.165) is 6.92 Å². The molecule has 0 aromatic carbocycles. The highest BCUT2D eigenvalue weighted by Gasteiger charge is 2.54. The highest BCUT2D eigenvalue weighted by Crippen LogP contribution is 2.34. The number of alkyl halides is 1. The molecule has 7 heteroatoms. The lowest BCUT2D eigenvalue weighted by molar-refractivity contribution is -0.306. The van der Waals surface area contributed by atoms with E-state index in [2.05, 4.69) is 4.74 Å². The smallest absolute Gasteiger partial charge is 0.322 e. The summed E-state index contributed by atoms with van der Waals surface area (Å²) < 4.78 is 9.51. The lowest BCUT2D eigenvalue weighted by Gasteiger charge is -2.42. The van der Waals surface area contributed by atoms with Crippen LogP contribution >= 0.6 is 11.6 Å². The van der Waals surface area contributed by atoms with Gasteiger partial charge in [-0.25, -0.2) is 0 Å². The fraction of sp³-hybridized carbons (Fsp3) is 0.875. The van der Waals surface area contributed by atoms with Crippen molar-refractivity contribution in [3.05, 3.63) is 0 Å². The number of carbonyl (C=O) groups is 1. The number of halogens is 1. The van der Waals surface area contributed by atoms with Gasteiger partial charge in [0.05, 0.1) is 6.10 Å². The minimum Gasteiger partial charge on any atom is -0.416 e. The third kappa shape index (κ3) is 2.40. The van der Waals surface area contributed by atoms with Crippen molar-refractivity contribution in [2.75, 3.05) is 0 Å². The molecule has 0 radical (unpaired) electrons. The third-order valence-electron chi connectivity index (χ3n) is 2.14. The molecule has 0 aromatic heterocycles. The molecule has 1 aliphatic rings. The Morgan fingerprint density at radius 1 is 1.40 bits per heavy atom. The molecule has 15 heavy (non-hydrogen) atoms. The van der Waals surface area contributed by atoms with E-state index in [1.807, 2.05) is 0 Å². The molecule has 0 spiro atoms. The van der Waals surface area contributed by atoms with E-state index in [1.165, 1.54) is 6.92 Å². The maximum absolute atomic E-state index is 10.7. The zero-order valence-electron chi connectivity index (χ0n) is 8.25. The van der Waals surface area contributed by atoms with Crippen LogP contribution < -0.4 is 0 Å². The summed E-state index contributed by atoms with van der Waals surface area (Å²) in [6.07, 6.45) is -5.40. The van der Waals surface area contributed by atoms with Crippen LogP contribution in [0.4, 0.5) is 0 Å². The fourth-order valence-electron chi connectivity index (χ4n) is 1.34. The molecule has 1 rings (SSSR count). The maximum Gasteiger partial charge on any atom is 0.322 e. The lowest BCUT2D eigenvalue weighted by Crippen LogP contribution is -2.62. The zero-order valence-corrected chi connectivity index (χ0v) is 9.01. The lowest BCUT2D eigenvalue weighted by atomic mass is 10.00. The second-order valence-electron chi connectivity index (χ2n) is 3.43. The first-order valence-electron chi connectivity index (χ1n) is 4.38. The van der Waals surface area contributed by atoms with Crippen LogP contribution in [0.5, 0.6) is 0 Å². The standard InChI is InChI=1S/C8H13ClO6/c1-3-5(11)6(12)7(13)8(9,14-3)15-4(2)10/h3,5-7,11-13H,1-2H3/t3-,5+,6+,7-,8+/m0/s1. The average Bonchev–Trinajstić information content (AvgIpc) is 2.10. The van der Waals surface area contributed by atoms with Crippen molar-refractivity contribution in [3.63, 3.8) is 0 Å². The molecule has 0 amide bonds. The van der Waals surface area contributed by atoms with Crippen LogP contribution in [0.2, 0.25) is 0 Å². The number of ether oxygens (including phenoxy) is 2. The molecule has 1 saturated heterocycles. The van der Waals surface area contributed by atoms with Gasteiger partial charge in [-0.3, -0.25) is 4.79 Å². The van der Waals surface area contributed by atoms with Crippen molar-refractivity contribution in [1.29, 1.82) is 0 Å². The summed E-state index contributed by atoms with van der Waals surface area (Å²) in [6, 6.07) is 0. The maximum atomic E-state index is 10.7. The van der Waals surface area contributed by atoms with E-state index in [0.29, 0.717) is 0 Å². The summed E-state index contributed by atoms with van der Waals surface area (Å²) in [5.74, 6) is -0.764. The van der Waals surface area contributed by atoms with E-state index >= 15 is 0 Å². The number of aliphatic hydroxyl groups is 3. The topological polar surface area (TPSA) is 96.2 Å². The van der Waals surface area contributed by atoms with Gasteiger partial charge >= 0.3 is 11.2 Å². The van der Waals surface area contributed by atoms with Gasteiger partial charge in [0.1, 0.15) is 12.2 Å². The van der Waals surface area contributed by atoms with Crippen LogP contribution in [-0.4, -0.2) is 51.0 Å². The van der Waals surface area contributed by atoms with Gasteiger partial charge in [-0.05, 0) is 18.5 Å². The highest BCUT2D eigenvalue weighted by molar-refractivity contribution is 6.23. The Hall–Kier alpha value is -0.400. The van der Waals surface area contributed by atoms with Crippen LogP contribution in [0, 0.1) is 0 Å². The highest BCUT2D eigenvalue weighted by atomic mass is 35.5. The predicted molar refractivity (Wildman–Crippen MR) is 48.9 cm³/mol. The summed E-state index contributed by atoms with van der Waals surface area (Å²) in [7, 11) is 0. The predicted octanol–water partition coefficient (Wildman–Crippen LogP) is -1.06. The van der Waals surface area contributed by atoms with Gasteiger partial charge in [0.25, 0.3) is 0 Å². The Bertz CT molecular complexity index is 260. The van der Waals surface area contributed by atoms with E-state index in [9.17, 15) is 20.1 Å². The Balaban J connectivity index is 2.85. The summed E-state index contributed by atoms with van der Waals surface area (Å²) in [4.78, 5) is 10.7. The first kappa shape index (κ1) is 12.7. The second kappa shape index (κ2) is 4.23. The Labute approximate surface area is 91.4 Å². The third-order valence-corrected chi connectivity index (χ3v) is 2.53. The molecule has 0 unspecified atom stereocenters. The number of esters is 1. The molecule has 3 N–H and O–H groups in total. The summed E-state index contributed by atoms with van der Waals surface area (Å²) in [6.45, 7) is 2.52. The molecule has 5 atom stereocenters. The first-order chi connectivity index (χ1) is 6.78. The van der Waals surface area contributed by atoms with Crippen molar-refractivity contribution in [2.24, 2.45) is 0 Å². The van der Waals surface area contributed by atoms with Crippen molar-refractivity contribution >= 4 is 17.6 Å². The van der Waals surface area contributed by atoms with E-state index < -0.39 is 35.6 Å². The van der Waals surface area contributed by atoms with E-state index in [-0.39, 0.29) is 0 Å². The van der Waals surface area contributed by atoms with Crippen LogP contribution in [-0.2, 0) is 14.3 Å². The van der Waals surface area contributed by atoms with Crippen molar-refractivity contribution in [3.8, 4) is 0 Å². The SMILES string of the molecule is CC(=O)O[C@]1(Cl)O[C@@H](C)[C@@H](O)[C@@H](O)[C@@H]1O. The van der Waals surface area contributed by atoms with Crippen LogP contribution in [0.1, 0.15) is 13.8 Å². The van der Waals surface area contributed by atoms with Crippen molar-refractivity contribution < 1.29 is 29.6 Å². The van der Waals surface area contributed by atoms with Crippen LogP contribution in [0.3, 0.4) is 0 Å². The van der Waals surface area contributed by atoms with E-state index in [4.69, 9.17) is 16.3 Å². The summed E-state index contributed by atoms with van der Waals surface area (Å²) >= 11 is 5.69. The van der Waals surface area contributed by atoms with Crippen molar-refractivity contribution in [2.45, 2.75) is 43.5 Å². The van der Waals surface area contributed by atoms with Crippen LogP contribution in [0.25, 0.3) is 0 Å². The molecule has 6 nitrogen and oxygen atoms in total. The number of hydrogen-bond donors (Lipinski definition) is 3. The first-order valence-corrected chi connectivity index (χ1v) is 4.76. The normalized spacial score (nSPS) is 46.3. The molecule has 1 heterocycles. The quantitative estimate of drug-likeness (QED) is 0.400. The minimum atomic E-state index is -2.15. The number of aliphatic hydroxyl groups excluding tert-OH is 3. The Morgan fingerprint density at radius 2 is 1.93 bits per heavy atom. The average molecular weight is 241 g/mol. The zero-order chi connectivity index (χ0) is 11.8. The number of hydrogen-bond acceptors (Lipinski definition) is 6.